The highest BCUT2D eigenvalue weighted by molar-refractivity contribution is 5.39. The van der Waals surface area contributed by atoms with E-state index < -0.39 is 0 Å². The molecule has 0 aromatic heterocycles. The molecule has 1 aliphatic rings. The molecule has 2 aromatic carbocycles. The van der Waals surface area contributed by atoms with Gasteiger partial charge in [0.15, 0.2) is 0 Å². The summed E-state index contributed by atoms with van der Waals surface area (Å²) in [5.41, 5.74) is 6.70. The van der Waals surface area contributed by atoms with E-state index in [1.807, 2.05) is 7.05 Å². The molecule has 0 aliphatic carbocycles. The van der Waals surface area contributed by atoms with Gasteiger partial charge in [-0.3, -0.25) is 0 Å². The molecule has 1 atom stereocenters. The molecule has 1 N–H and O–H groups in total. The molecular weight excluding hydrogens is 258 g/mol. The summed E-state index contributed by atoms with van der Waals surface area (Å²) in [6, 6.07) is 15.9. The van der Waals surface area contributed by atoms with E-state index in [0.717, 1.165) is 19.6 Å². The Labute approximate surface area is 127 Å². The predicted octanol–water partition coefficient (Wildman–Crippen LogP) is 3.98. The number of aryl methyl sites for hydroxylation is 1. The topological polar surface area (TPSA) is 21.3 Å². The predicted molar refractivity (Wildman–Crippen MR) is 86.3 cm³/mol. The molecule has 2 nitrogen and oxygen atoms in total. The Morgan fingerprint density at radius 1 is 1.00 bits per heavy atom. The normalized spacial score (nSPS) is 15.0. The van der Waals surface area contributed by atoms with Gasteiger partial charge in [-0.2, -0.15) is 0 Å². The van der Waals surface area contributed by atoms with Crippen LogP contribution >= 0.6 is 0 Å². The molecule has 0 amide bonds. The van der Waals surface area contributed by atoms with E-state index in [-0.39, 0.29) is 6.04 Å². The first-order valence-corrected chi connectivity index (χ1v) is 7.77. The van der Waals surface area contributed by atoms with Crippen molar-refractivity contribution in [3.05, 3.63) is 70.3 Å². The second-order valence-corrected chi connectivity index (χ2v) is 5.73. The van der Waals surface area contributed by atoms with E-state index >= 15 is 0 Å². The average Bonchev–Trinajstić information content (AvgIpc) is 2.98. The van der Waals surface area contributed by atoms with Crippen molar-refractivity contribution < 1.29 is 4.74 Å². The van der Waals surface area contributed by atoms with Gasteiger partial charge in [0.05, 0.1) is 19.3 Å². The maximum Gasteiger partial charge on any atom is 0.0725 e. The van der Waals surface area contributed by atoms with Gasteiger partial charge in [0.2, 0.25) is 0 Å². The summed E-state index contributed by atoms with van der Waals surface area (Å²) in [5, 5.41) is 3.44. The van der Waals surface area contributed by atoms with Crippen molar-refractivity contribution >= 4 is 0 Å². The molecule has 0 saturated carbocycles. The van der Waals surface area contributed by atoms with Gasteiger partial charge in [-0.15, -0.1) is 0 Å². The third-order valence-electron chi connectivity index (χ3n) is 4.22. The number of hydrogen-bond donors (Lipinski definition) is 1. The summed E-state index contributed by atoms with van der Waals surface area (Å²) in [5.74, 6) is 0. The molecule has 0 bridgehead atoms. The Bertz CT molecular complexity index is 603. The quantitative estimate of drug-likeness (QED) is 0.895. The summed E-state index contributed by atoms with van der Waals surface area (Å²) in [6.07, 6.45) is 2.35. The zero-order valence-electron chi connectivity index (χ0n) is 12.9. The smallest absolute Gasteiger partial charge is 0.0725 e. The number of nitrogens with one attached hydrogen (secondary N) is 1. The zero-order valence-corrected chi connectivity index (χ0v) is 12.9. The van der Waals surface area contributed by atoms with E-state index in [9.17, 15) is 0 Å². The number of benzene rings is 2. The summed E-state index contributed by atoms with van der Waals surface area (Å²) < 4.78 is 5.51. The van der Waals surface area contributed by atoms with Crippen LogP contribution in [0.25, 0.3) is 0 Å². The minimum Gasteiger partial charge on any atom is -0.372 e. The van der Waals surface area contributed by atoms with Crippen LogP contribution in [0.1, 0.15) is 47.2 Å². The van der Waals surface area contributed by atoms with E-state index in [2.05, 4.69) is 54.7 Å². The van der Waals surface area contributed by atoms with Crippen LogP contribution < -0.4 is 5.32 Å². The van der Waals surface area contributed by atoms with Gasteiger partial charge in [0.1, 0.15) is 0 Å². The van der Waals surface area contributed by atoms with Crippen molar-refractivity contribution in [2.45, 2.75) is 39.0 Å². The van der Waals surface area contributed by atoms with Crippen LogP contribution in [0.15, 0.2) is 42.5 Å². The molecular formula is C19H23NO. The van der Waals surface area contributed by atoms with Gasteiger partial charge in [0, 0.05) is 0 Å². The third-order valence-corrected chi connectivity index (χ3v) is 4.22. The van der Waals surface area contributed by atoms with Gasteiger partial charge in [0.25, 0.3) is 0 Å². The Balaban J connectivity index is 1.87. The number of rotatable bonds is 5. The van der Waals surface area contributed by atoms with Gasteiger partial charge >= 0.3 is 0 Å². The second-order valence-electron chi connectivity index (χ2n) is 5.73. The fourth-order valence-corrected chi connectivity index (χ4v) is 3.06. The van der Waals surface area contributed by atoms with Crippen molar-refractivity contribution in [3.63, 3.8) is 0 Å². The summed E-state index contributed by atoms with van der Waals surface area (Å²) in [7, 11) is 2.02. The first-order valence-electron chi connectivity index (χ1n) is 7.77. The van der Waals surface area contributed by atoms with Crippen LogP contribution in [0.4, 0.5) is 0 Å². The second kappa shape index (κ2) is 6.42. The largest absolute Gasteiger partial charge is 0.372 e. The van der Waals surface area contributed by atoms with E-state index in [1.165, 1.54) is 34.2 Å². The Kier molecular flexibility index (Phi) is 4.37. The lowest BCUT2D eigenvalue weighted by atomic mass is 9.95. The first kappa shape index (κ1) is 14.3. The maximum absolute atomic E-state index is 5.51. The molecule has 2 heteroatoms. The standard InChI is InChI=1S/C19H23NO/c1-3-4-14-5-7-15(8-6-14)19(20-2)16-9-10-17-12-21-13-18(17)11-16/h5-11,19-20H,3-4,12-13H2,1-2H3. The van der Waals surface area contributed by atoms with Gasteiger partial charge in [-0.1, -0.05) is 55.8 Å². The molecule has 0 spiro atoms. The van der Waals surface area contributed by atoms with Gasteiger partial charge in [-0.25, -0.2) is 0 Å². The Hall–Kier alpha value is -1.64. The molecule has 110 valence electrons. The fourth-order valence-electron chi connectivity index (χ4n) is 3.06. The van der Waals surface area contributed by atoms with Crippen molar-refractivity contribution in [2.24, 2.45) is 0 Å². The van der Waals surface area contributed by atoms with Crippen molar-refractivity contribution in [2.75, 3.05) is 7.05 Å². The summed E-state index contributed by atoms with van der Waals surface area (Å²) in [4.78, 5) is 0. The van der Waals surface area contributed by atoms with Crippen molar-refractivity contribution in [1.29, 1.82) is 0 Å². The lowest BCUT2D eigenvalue weighted by Gasteiger charge is -2.18. The third kappa shape index (κ3) is 3.02. The maximum atomic E-state index is 5.51. The highest BCUT2D eigenvalue weighted by Gasteiger charge is 2.16. The molecule has 0 saturated heterocycles. The summed E-state index contributed by atoms with van der Waals surface area (Å²) in [6.45, 7) is 3.72. The minimum atomic E-state index is 0.242. The molecule has 0 radical (unpaired) electrons. The molecule has 1 unspecified atom stereocenters. The Morgan fingerprint density at radius 3 is 2.43 bits per heavy atom. The molecule has 21 heavy (non-hydrogen) atoms. The highest BCUT2D eigenvalue weighted by atomic mass is 16.5. The zero-order chi connectivity index (χ0) is 14.7. The lowest BCUT2D eigenvalue weighted by Crippen LogP contribution is -2.17. The summed E-state index contributed by atoms with van der Waals surface area (Å²) >= 11 is 0. The number of ether oxygens (including phenoxy) is 1. The van der Waals surface area contributed by atoms with Crippen LogP contribution in [0.3, 0.4) is 0 Å². The molecule has 3 rings (SSSR count). The SMILES string of the molecule is CCCc1ccc(C(NC)c2ccc3c(c2)COC3)cc1. The van der Waals surface area contributed by atoms with Crippen molar-refractivity contribution in [3.8, 4) is 0 Å². The lowest BCUT2D eigenvalue weighted by molar-refractivity contribution is 0.134. The molecule has 2 aromatic rings. The number of hydrogen-bond acceptors (Lipinski definition) is 2. The average molecular weight is 281 g/mol. The fraction of sp³-hybridized carbons (Fsp3) is 0.368. The van der Waals surface area contributed by atoms with Gasteiger partial charge < -0.3 is 10.1 Å². The Morgan fingerprint density at radius 2 is 1.71 bits per heavy atom. The van der Waals surface area contributed by atoms with Crippen LogP contribution in [0.2, 0.25) is 0 Å². The van der Waals surface area contributed by atoms with Gasteiger partial charge in [-0.05, 0) is 41.3 Å². The molecule has 1 aliphatic heterocycles. The highest BCUT2D eigenvalue weighted by Crippen LogP contribution is 2.27. The van der Waals surface area contributed by atoms with Crippen LogP contribution in [-0.4, -0.2) is 7.05 Å². The van der Waals surface area contributed by atoms with Crippen LogP contribution in [0.5, 0.6) is 0 Å². The van der Waals surface area contributed by atoms with Crippen LogP contribution in [-0.2, 0) is 24.4 Å². The van der Waals surface area contributed by atoms with E-state index in [0.29, 0.717) is 0 Å². The van der Waals surface area contributed by atoms with E-state index in [4.69, 9.17) is 4.74 Å². The minimum absolute atomic E-state index is 0.242. The first-order chi connectivity index (χ1) is 10.3. The van der Waals surface area contributed by atoms with Crippen molar-refractivity contribution in [1.82, 2.24) is 5.32 Å². The molecule has 0 fully saturated rings. The molecule has 1 heterocycles. The van der Waals surface area contributed by atoms with E-state index in [1.54, 1.807) is 0 Å². The van der Waals surface area contributed by atoms with Crippen LogP contribution in [0, 0.1) is 0 Å². The monoisotopic (exact) mass is 281 g/mol. The number of fused-ring (bicyclic) bond motifs is 1.